The van der Waals surface area contributed by atoms with Gasteiger partial charge in [0.1, 0.15) is 6.17 Å². The van der Waals surface area contributed by atoms with Crippen molar-refractivity contribution in [3.63, 3.8) is 0 Å². The van der Waals surface area contributed by atoms with Crippen molar-refractivity contribution in [2.75, 3.05) is 33.2 Å². The molecule has 0 amide bonds. The van der Waals surface area contributed by atoms with E-state index in [1.165, 1.54) is 0 Å². The molecular weight excluding hydrogens is 303 g/mol. The van der Waals surface area contributed by atoms with E-state index in [0.29, 0.717) is 18.5 Å². The van der Waals surface area contributed by atoms with Gasteiger partial charge in [0.15, 0.2) is 0 Å². The SMILES string of the molecule is CC.CC(C)N1CC(C)(C)OC(C)(C)C1.CC1CC(F)CN(C)C1. The fourth-order valence-corrected chi connectivity index (χ4v) is 3.74. The van der Waals surface area contributed by atoms with Crippen LogP contribution in [-0.4, -0.2) is 66.4 Å². The Morgan fingerprint density at radius 3 is 1.79 bits per heavy atom. The molecule has 0 aromatic heterocycles. The highest BCUT2D eigenvalue weighted by Crippen LogP contribution is 2.28. The zero-order valence-corrected chi connectivity index (χ0v) is 17.9. The van der Waals surface area contributed by atoms with Crippen LogP contribution in [0.4, 0.5) is 4.39 Å². The summed E-state index contributed by atoms with van der Waals surface area (Å²) in [5.74, 6) is 0.541. The van der Waals surface area contributed by atoms with Crippen LogP contribution in [0.5, 0.6) is 0 Å². The highest BCUT2D eigenvalue weighted by atomic mass is 19.1. The molecule has 2 unspecified atom stereocenters. The van der Waals surface area contributed by atoms with Crippen molar-refractivity contribution in [2.45, 2.75) is 92.2 Å². The van der Waals surface area contributed by atoms with E-state index in [0.717, 1.165) is 26.1 Å². The van der Waals surface area contributed by atoms with Crippen molar-refractivity contribution in [3.8, 4) is 0 Å². The molecule has 0 N–H and O–H groups in total. The second kappa shape index (κ2) is 10.1. The maximum absolute atomic E-state index is 12.6. The summed E-state index contributed by atoms with van der Waals surface area (Å²) >= 11 is 0. The van der Waals surface area contributed by atoms with Gasteiger partial charge in [0.25, 0.3) is 0 Å². The number of hydrogen-bond acceptors (Lipinski definition) is 3. The quantitative estimate of drug-likeness (QED) is 0.690. The molecule has 0 spiro atoms. The van der Waals surface area contributed by atoms with Crippen LogP contribution in [0.1, 0.15) is 68.7 Å². The number of ether oxygens (including phenoxy) is 1. The lowest BCUT2D eigenvalue weighted by molar-refractivity contribution is -0.185. The van der Waals surface area contributed by atoms with Crippen molar-refractivity contribution < 1.29 is 9.13 Å². The first-order chi connectivity index (χ1) is 10.9. The first kappa shape index (κ1) is 23.8. The van der Waals surface area contributed by atoms with Crippen LogP contribution in [0, 0.1) is 5.92 Å². The molecule has 2 rings (SSSR count). The molecule has 0 aromatic rings. The standard InChI is InChI=1S/C11H23NO.C7H14FN.C2H6/c1-9(2)12-7-10(3,4)13-11(5,6)8-12;1-6-3-7(8)5-9(2)4-6;1-2/h9H,7-8H2,1-6H3;6-7H,3-5H2,1-2H3;1-2H3. The second-order valence-electron chi connectivity index (χ2n) is 8.78. The van der Waals surface area contributed by atoms with Crippen molar-refractivity contribution in [2.24, 2.45) is 5.92 Å². The fourth-order valence-electron chi connectivity index (χ4n) is 3.74. The molecule has 146 valence electrons. The third kappa shape index (κ3) is 9.33. The molecule has 2 atom stereocenters. The average molecular weight is 347 g/mol. The summed E-state index contributed by atoms with van der Waals surface area (Å²) in [6.45, 7) is 23.0. The number of nitrogens with zero attached hydrogens (tertiary/aromatic N) is 2. The predicted molar refractivity (Wildman–Crippen MR) is 103 cm³/mol. The Morgan fingerprint density at radius 1 is 1.00 bits per heavy atom. The van der Waals surface area contributed by atoms with Crippen molar-refractivity contribution in [1.82, 2.24) is 9.80 Å². The van der Waals surface area contributed by atoms with Gasteiger partial charge in [-0.25, -0.2) is 4.39 Å². The summed E-state index contributed by atoms with van der Waals surface area (Å²) in [5, 5.41) is 0. The molecule has 2 aliphatic heterocycles. The van der Waals surface area contributed by atoms with Gasteiger partial charge in [0.2, 0.25) is 0 Å². The topological polar surface area (TPSA) is 15.7 Å². The number of halogens is 1. The molecular formula is C20H43FN2O. The molecule has 2 saturated heterocycles. The van der Waals surface area contributed by atoms with Gasteiger partial charge in [-0.05, 0) is 60.9 Å². The smallest absolute Gasteiger partial charge is 0.113 e. The van der Waals surface area contributed by atoms with Crippen LogP contribution in [0.2, 0.25) is 0 Å². The largest absolute Gasteiger partial charge is 0.367 e. The minimum absolute atomic E-state index is 0.00792. The summed E-state index contributed by atoms with van der Waals surface area (Å²) in [6, 6.07) is 0.613. The molecule has 0 bridgehead atoms. The van der Waals surface area contributed by atoms with Crippen LogP contribution in [0.25, 0.3) is 0 Å². The zero-order valence-electron chi connectivity index (χ0n) is 17.9. The Kier molecular flexibility index (Phi) is 10.00. The van der Waals surface area contributed by atoms with Gasteiger partial charge in [-0.3, -0.25) is 4.90 Å². The molecule has 24 heavy (non-hydrogen) atoms. The molecule has 0 aliphatic carbocycles. The van der Waals surface area contributed by atoms with Crippen LogP contribution in [0.15, 0.2) is 0 Å². The van der Waals surface area contributed by atoms with E-state index in [9.17, 15) is 4.39 Å². The average Bonchev–Trinajstić information content (AvgIpc) is 2.36. The Morgan fingerprint density at radius 2 is 1.46 bits per heavy atom. The van der Waals surface area contributed by atoms with Crippen molar-refractivity contribution in [3.05, 3.63) is 0 Å². The van der Waals surface area contributed by atoms with Crippen LogP contribution < -0.4 is 0 Å². The monoisotopic (exact) mass is 346 g/mol. The maximum atomic E-state index is 12.6. The van der Waals surface area contributed by atoms with Crippen molar-refractivity contribution >= 4 is 0 Å². The summed E-state index contributed by atoms with van der Waals surface area (Å²) in [6.07, 6.45) is 0.170. The van der Waals surface area contributed by atoms with Crippen LogP contribution >= 0.6 is 0 Å². The van der Waals surface area contributed by atoms with Crippen molar-refractivity contribution in [1.29, 1.82) is 0 Å². The lowest BCUT2D eigenvalue weighted by Gasteiger charge is -2.48. The lowest BCUT2D eigenvalue weighted by Crippen LogP contribution is -2.58. The highest BCUT2D eigenvalue weighted by Gasteiger charge is 2.38. The van der Waals surface area contributed by atoms with E-state index in [-0.39, 0.29) is 11.2 Å². The van der Waals surface area contributed by atoms with Gasteiger partial charge < -0.3 is 9.64 Å². The number of piperidine rings is 1. The van der Waals surface area contributed by atoms with Gasteiger partial charge in [-0.15, -0.1) is 0 Å². The summed E-state index contributed by atoms with van der Waals surface area (Å²) < 4.78 is 18.6. The minimum atomic E-state index is -0.584. The molecule has 0 radical (unpaired) electrons. The molecule has 2 fully saturated rings. The van der Waals surface area contributed by atoms with E-state index >= 15 is 0 Å². The summed E-state index contributed by atoms with van der Waals surface area (Å²) in [7, 11) is 1.97. The first-order valence-corrected chi connectivity index (χ1v) is 9.67. The normalized spacial score (nSPS) is 30.0. The molecule has 2 heterocycles. The minimum Gasteiger partial charge on any atom is -0.367 e. The molecule has 4 heteroatoms. The van der Waals surface area contributed by atoms with Gasteiger partial charge in [0.05, 0.1) is 11.2 Å². The lowest BCUT2D eigenvalue weighted by atomic mass is 9.98. The number of alkyl halides is 1. The fraction of sp³-hybridized carbons (Fsp3) is 1.00. The maximum Gasteiger partial charge on any atom is 0.113 e. The Hall–Kier alpha value is -0.190. The number of likely N-dealkylation sites (tertiary alicyclic amines) is 1. The zero-order chi connectivity index (χ0) is 19.1. The van der Waals surface area contributed by atoms with Crippen LogP contribution in [-0.2, 0) is 4.74 Å². The van der Waals surface area contributed by atoms with E-state index < -0.39 is 6.17 Å². The van der Waals surface area contributed by atoms with Gasteiger partial charge in [0, 0.05) is 32.2 Å². The predicted octanol–water partition coefficient (Wildman–Crippen LogP) is 4.61. The Bertz CT molecular complexity index is 304. The third-order valence-corrected chi connectivity index (χ3v) is 4.24. The van der Waals surface area contributed by atoms with Gasteiger partial charge >= 0.3 is 0 Å². The Labute approximate surface area is 150 Å². The number of hydrogen-bond donors (Lipinski definition) is 0. The van der Waals surface area contributed by atoms with Crippen LogP contribution in [0.3, 0.4) is 0 Å². The van der Waals surface area contributed by atoms with E-state index in [2.05, 4.69) is 58.3 Å². The van der Waals surface area contributed by atoms with E-state index in [4.69, 9.17) is 4.74 Å². The highest BCUT2D eigenvalue weighted by molar-refractivity contribution is 4.90. The van der Waals surface area contributed by atoms with Gasteiger partial charge in [-0.2, -0.15) is 0 Å². The van der Waals surface area contributed by atoms with E-state index in [1.54, 1.807) is 0 Å². The second-order valence-corrected chi connectivity index (χ2v) is 8.78. The summed E-state index contributed by atoms with van der Waals surface area (Å²) in [5.41, 5.74) is -0.0158. The molecule has 2 aliphatic rings. The Balaban J connectivity index is 0.000000420. The molecule has 3 nitrogen and oxygen atoms in total. The summed E-state index contributed by atoms with van der Waals surface area (Å²) in [4.78, 5) is 4.54. The van der Waals surface area contributed by atoms with E-state index in [1.807, 2.05) is 20.9 Å². The third-order valence-electron chi connectivity index (χ3n) is 4.24. The first-order valence-electron chi connectivity index (χ1n) is 9.67. The number of rotatable bonds is 1. The number of morpholine rings is 1. The molecule has 0 aromatic carbocycles. The molecule has 0 saturated carbocycles. The van der Waals surface area contributed by atoms with Gasteiger partial charge in [-0.1, -0.05) is 20.8 Å².